The molecule has 15 heavy (non-hydrogen) atoms. The minimum absolute atomic E-state index is 0.147. The molecular weight excluding hydrogens is 258 g/mol. The number of aromatic amines is 1. The SMILES string of the molecule is CCc1[nH]nc(N2CC(Br)CC2=O)c1C. The Kier molecular flexibility index (Phi) is 2.82. The number of rotatable bonds is 2. The molecule has 0 radical (unpaired) electrons. The lowest BCUT2D eigenvalue weighted by molar-refractivity contribution is -0.117. The monoisotopic (exact) mass is 271 g/mol. The van der Waals surface area contributed by atoms with E-state index in [1.165, 1.54) is 0 Å². The number of H-pyrrole nitrogens is 1. The predicted octanol–water partition coefficient (Wildman–Crippen LogP) is 1.78. The van der Waals surface area contributed by atoms with Gasteiger partial charge in [0.05, 0.1) is 0 Å². The summed E-state index contributed by atoms with van der Waals surface area (Å²) in [5, 5.41) is 7.19. The highest BCUT2D eigenvalue weighted by molar-refractivity contribution is 9.09. The van der Waals surface area contributed by atoms with E-state index in [4.69, 9.17) is 0 Å². The van der Waals surface area contributed by atoms with Crippen molar-refractivity contribution in [2.75, 3.05) is 11.4 Å². The fraction of sp³-hybridized carbons (Fsp3) is 0.600. The van der Waals surface area contributed by atoms with Crippen LogP contribution in [0.3, 0.4) is 0 Å². The fourth-order valence-corrected chi connectivity index (χ4v) is 2.47. The molecule has 0 saturated carbocycles. The molecule has 4 nitrogen and oxygen atoms in total. The maximum absolute atomic E-state index is 11.7. The molecule has 1 aromatic heterocycles. The van der Waals surface area contributed by atoms with Gasteiger partial charge in [0, 0.05) is 29.1 Å². The van der Waals surface area contributed by atoms with Gasteiger partial charge in [-0.3, -0.25) is 14.8 Å². The number of carbonyl (C=O) groups excluding carboxylic acids is 1. The molecule has 0 bridgehead atoms. The van der Waals surface area contributed by atoms with E-state index in [0.29, 0.717) is 13.0 Å². The van der Waals surface area contributed by atoms with E-state index in [9.17, 15) is 4.79 Å². The highest BCUT2D eigenvalue weighted by atomic mass is 79.9. The highest BCUT2D eigenvalue weighted by Gasteiger charge is 2.31. The molecule has 0 aromatic carbocycles. The van der Waals surface area contributed by atoms with Crippen molar-refractivity contribution in [3.05, 3.63) is 11.3 Å². The Morgan fingerprint density at radius 1 is 1.67 bits per heavy atom. The van der Waals surface area contributed by atoms with Crippen LogP contribution in [0.1, 0.15) is 24.6 Å². The zero-order valence-corrected chi connectivity index (χ0v) is 10.5. The Morgan fingerprint density at radius 3 is 2.87 bits per heavy atom. The van der Waals surface area contributed by atoms with Gasteiger partial charge < -0.3 is 0 Å². The topological polar surface area (TPSA) is 49.0 Å². The first-order valence-electron chi connectivity index (χ1n) is 5.11. The molecule has 1 aliphatic rings. The molecule has 1 aromatic rings. The van der Waals surface area contributed by atoms with Crippen LogP contribution in [0.25, 0.3) is 0 Å². The lowest BCUT2D eigenvalue weighted by Crippen LogP contribution is -2.25. The molecule has 5 heteroatoms. The van der Waals surface area contributed by atoms with Gasteiger partial charge in [-0.25, -0.2) is 0 Å². The number of amides is 1. The summed E-state index contributed by atoms with van der Waals surface area (Å²) in [6.45, 7) is 4.80. The van der Waals surface area contributed by atoms with E-state index < -0.39 is 0 Å². The molecule has 0 spiro atoms. The number of nitrogens with zero attached hydrogens (tertiary/aromatic N) is 2. The van der Waals surface area contributed by atoms with Gasteiger partial charge in [0.15, 0.2) is 5.82 Å². The first-order valence-corrected chi connectivity index (χ1v) is 6.03. The van der Waals surface area contributed by atoms with E-state index >= 15 is 0 Å². The number of aromatic nitrogens is 2. The first kappa shape index (κ1) is 10.7. The smallest absolute Gasteiger partial charge is 0.229 e. The van der Waals surface area contributed by atoms with Crippen LogP contribution in [0.2, 0.25) is 0 Å². The van der Waals surface area contributed by atoms with Crippen molar-refractivity contribution >= 4 is 27.7 Å². The number of halogens is 1. The van der Waals surface area contributed by atoms with Crippen molar-refractivity contribution in [1.29, 1.82) is 0 Å². The third-order valence-electron chi connectivity index (χ3n) is 2.77. The maximum Gasteiger partial charge on any atom is 0.229 e. The van der Waals surface area contributed by atoms with Crippen LogP contribution in [0, 0.1) is 6.92 Å². The van der Waals surface area contributed by atoms with Crippen LogP contribution < -0.4 is 4.90 Å². The molecule has 1 unspecified atom stereocenters. The Morgan fingerprint density at radius 2 is 2.40 bits per heavy atom. The summed E-state index contributed by atoms with van der Waals surface area (Å²) in [6.07, 6.45) is 1.48. The molecule has 2 rings (SSSR count). The van der Waals surface area contributed by atoms with Crippen molar-refractivity contribution in [3.8, 4) is 0 Å². The number of hydrogen-bond acceptors (Lipinski definition) is 2. The largest absolute Gasteiger partial charge is 0.294 e. The normalized spacial score (nSPS) is 21.4. The summed E-state index contributed by atoms with van der Waals surface area (Å²) in [4.78, 5) is 13.7. The maximum atomic E-state index is 11.7. The van der Waals surface area contributed by atoms with Crippen molar-refractivity contribution < 1.29 is 4.79 Å². The van der Waals surface area contributed by atoms with Crippen LogP contribution >= 0.6 is 15.9 Å². The Bertz CT molecular complexity index is 388. The molecule has 82 valence electrons. The van der Waals surface area contributed by atoms with Crippen LogP contribution in [-0.4, -0.2) is 27.5 Å². The summed E-state index contributed by atoms with van der Waals surface area (Å²) in [5.41, 5.74) is 2.20. The molecule has 1 N–H and O–H groups in total. The lowest BCUT2D eigenvalue weighted by Gasteiger charge is -2.13. The molecule has 0 aliphatic carbocycles. The number of aryl methyl sites for hydroxylation is 1. The molecule has 1 atom stereocenters. The van der Waals surface area contributed by atoms with Gasteiger partial charge in [-0.1, -0.05) is 22.9 Å². The zero-order chi connectivity index (χ0) is 11.0. The minimum Gasteiger partial charge on any atom is -0.294 e. The Labute approximate surface area is 97.2 Å². The van der Waals surface area contributed by atoms with Crippen molar-refractivity contribution in [3.63, 3.8) is 0 Å². The highest BCUT2D eigenvalue weighted by Crippen LogP contribution is 2.27. The van der Waals surface area contributed by atoms with Gasteiger partial charge in [-0.15, -0.1) is 0 Å². The second kappa shape index (κ2) is 3.96. The summed E-state index contributed by atoms with van der Waals surface area (Å²) < 4.78 is 0. The van der Waals surface area contributed by atoms with Crippen LogP contribution in [0.15, 0.2) is 0 Å². The van der Waals surface area contributed by atoms with E-state index in [0.717, 1.165) is 23.5 Å². The third-order valence-corrected chi connectivity index (χ3v) is 3.39. The average Bonchev–Trinajstić information content (AvgIpc) is 2.69. The molecule has 2 heterocycles. The standard InChI is InChI=1S/C10H14BrN3O/c1-3-8-6(2)10(13-12-8)14-5-7(11)4-9(14)15/h7H,3-5H2,1-2H3,(H,12,13). The van der Waals surface area contributed by atoms with Gasteiger partial charge >= 0.3 is 0 Å². The van der Waals surface area contributed by atoms with Crippen LogP contribution in [-0.2, 0) is 11.2 Å². The zero-order valence-electron chi connectivity index (χ0n) is 8.88. The summed E-state index contributed by atoms with van der Waals surface area (Å²) in [6, 6.07) is 0. The third kappa shape index (κ3) is 1.80. The van der Waals surface area contributed by atoms with Crippen LogP contribution in [0.4, 0.5) is 5.82 Å². The summed E-state index contributed by atoms with van der Waals surface area (Å²) in [5.74, 6) is 0.938. The number of carbonyl (C=O) groups is 1. The van der Waals surface area contributed by atoms with Crippen molar-refractivity contribution in [1.82, 2.24) is 10.2 Å². The second-order valence-corrected chi connectivity index (χ2v) is 5.11. The van der Waals surface area contributed by atoms with Gasteiger partial charge in [0.1, 0.15) is 0 Å². The van der Waals surface area contributed by atoms with Gasteiger partial charge in [-0.2, -0.15) is 5.10 Å². The summed E-state index contributed by atoms with van der Waals surface area (Å²) in [7, 11) is 0. The number of alkyl halides is 1. The van der Waals surface area contributed by atoms with E-state index in [-0.39, 0.29) is 10.7 Å². The van der Waals surface area contributed by atoms with E-state index in [1.807, 2.05) is 6.92 Å². The lowest BCUT2D eigenvalue weighted by atomic mass is 10.2. The first-order chi connectivity index (χ1) is 7.13. The van der Waals surface area contributed by atoms with Gasteiger partial charge in [0.25, 0.3) is 0 Å². The molecule has 1 saturated heterocycles. The minimum atomic E-state index is 0.147. The van der Waals surface area contributed by atoms with E-state index in [2.05, 4.69) is 33.1 Å². The second-order valence-electron chi connectivity index (χ2n) is 3.81. The molecular formula is C10H14BrN3O. The van der Waals surface area contributed by atoms with Gasteiger partial charge in [-0.05, 0) is 13.3 Å². The van der Waals surface area contributed by atoms with E-state index in [1.54, 1.807) is 4.90 Å². The van der Waals surface area contributed by atoms with Gasteiger partial charge in [0.2, 0.25) is 5.91 Å². The number of hydrogen-bond donors (Lipinski definition) is 1. The number of nitrogens with one attached hydrogen (secondary N) is 1. The molecule has 1 aliphatic heterocycles. The average molecular weight is 272 g/mol. The van der Waals surface area contributed by atoms with Crippen molar-refractivity contribution in [2.45, 2.75) is 31.5 Å². The van der Waals surface area contributed by atoms with Crippen molar-refractivity contribution in [2.24, 2.45) is 0 Å². The Hall–Kier alpha value is -0.840. The predicted molar refractivity (Wildman–Crippen MR) is 62.4 cm³/mol. The summed E-state index contributed by atoms with van der Waals surface area (Å²) >= 11 is 3.46. The molecule has 1 fully saturated rings. The fourth-order valence-electron chi connectivity index (χ4n) is 1.90. The quantitative estimate of drug-likeness (QED) is 0.834. The number of anilines is 1. The van der Waals surface area contributed by atoms with Crippen LogP contribution in [0.5, 0.6) is 0 Å². The molecule has 1 amide bonds. The Balaban J connectivity index is 2.30.